The molecular weight excluding hydrogens is 192 g/mol. The number of Topliss-reactive ketones (excluding diaryl/α,β-unsaturated/α-hetero) is 1. The van der Waals surface area contributed by atoms with Crippen LogP contribution in [-0.2, 0) is 0 Å². The van der Waals surface area contributed by atoms with Crippen LogP contribution in [0.1, 0.15) is 27.4 Å². The van der Waals surface area contributed by atoms with E-state index in [0.717, 1.165) is 11.3 Å². The number of hydrogen-bond donors (Lipinski definition) is 0. The predicted molar refractivity (Wildman–Crippen MR) is 53.3 cm³/mol. The molecular formula is C9H11ClOS. The van der Waals surface area contributed by atoms with Crippen LogP contribution >= 0.6 is 22.9 Å². The Hall–Kier alpha value is -0.340. The van der Waals surface area contributed by atoms with Gasteiger partial charge in [-0.3, -0.25) is 4.79 Å². The van der Waals surface area contributed by atoms with Crippen molar-refractivity contribution in [2.75, 3.05) is 5.88 Å². The van der Waals surface area contributed by atoms with E-state index in [9.17, 15) is 4.79 Å². The van der Waals surface area contributed by atoms with Crippen LogP contribution in [0.3, 0.4) is 0 Å². The first-order valence-corrected chi connectivity index (χ1v) is 5.24. The van der Waals surface area contributed by atoms with Crippen molar-refractivity contribution in [1.29, 1.82) is 0 Å². The molecule has 0 fully saturated rings. The molecule has 12 heavy (non-hydrogen) atoms. The minimum absolute atomic E-state index is 0.216. The number of carbonyl (C=O) groups excluding carboxylic acids is 1. The first kappa shape index (κ1) is 9.75. The summed E-state index contributed by atoms with van der Waals surface area (Å²) in [6.07, 6.45) is 1.35. The van der Waals surface area contributed by atoms with Gasteiger partial charge in [0.2, 0.25) is 0 Å². The lowest BCUT2D eigenvalue weighted by molar-refractivity contribution is 0.0986. The number of aryl methyl sites for hydroxylation is 1. The fraction of sp³-hybridized carbons (Fsp3) is 0.444. The largest absolute Gasteiger partial charge is 0.293 e. The molecule has 0 aromatic carbocycles. The maximum atomic E-state index is 11.4. The molecule has 1 aromatic rings. The fourth-order valence-electron chi connectivity index (χ4n) is 0.935. The number of alkyl halides is 1. The van der Waals surface area contributed by atoms with Crippen molar-refractivity contribution in [2.45, 2.75) is 19.8 Å². The Balaban J connectivity index is 2.53. The van der Waals surface area contributed by atoms with Gasteiger partial charge >= 0.3 is 0 Å². The van der Waals surface area contributed by atoms with Gasteiger partial charge in [0.05, 0.1) is 4.88 Å². The molecule has 66 valence electrons. The highest BCUT2D eigenvalue weighted by atomic mass is 35.5. The lowest BCUT2D eigenvalue weighted by Gasteiger charge is -1.93. The van der Waals surface area contributed by atoms with Gasteiger partial charge in [0.25, 0.3) is 0 Å². The van der Waals surface area contributed by atoms with Crippen LogP contribution in [0.25, 0.3) is 0 Å². The van der Waals surface area contributed by atoms with E-state index in [2.05, 4.69) is 0 Å². The monoisotopic (exact) mass is 202 g/mol. The SMILES string of the molecule is Cc1ccc(C(=O)CCCCl)s1. The molecule has 0 spiro atoms. The zero-order valence-corrected chi connectivity index (χ0v) is 8.54. The third kappa shape index (κ3) is 2.61. The zero-order valence-electron chi connectivity index (χ0n) is 6.97. The van der Waals surface area contributed by atoms with Gasteiger partial charge < -0.3 is 0 Å². The average Bonchev–Trinajstić information content (AvgIpc) is 2.47. The van der Waals surface area contributed by atoms with Gasteiger partial charge in [-0.25, -0.2) is 0 Å². The van der Waals surface area contributed by atoms with Crippen molar-refractivity contribution in [3.05, 3.63) is 21.9 Å². The lowest BCUT2D eigenvalue weighted by atomic mass is 10.2. The minimum Gasteiger partial charge on any atom is -0.293 e. The molecule has 1 aromatic heterocycles. The van der Waals surface area contributed by atoms with E-state index in [1.165, 1.54) is 4.88 Å². The first-order valence-electron chi connectivity index (χ1n) is 3.89. The normalized spacial score (nSPS) is 10.2. The van der Waals surface area contributed by atoms with Crippen molar-refractivity contribution >= 4 is 28.7 Å². The molecule has 0 saturated carbocycles. The molecule has 0 aliphatic carbocycles. The Bertz CT molecular complexity index is 267. The van der Waals surface area contributed by atoms with E-state index < -0.39 is 0 Å². The van der Waals surface area contributed by atoms with E-state index >= 15 is 0 Å². The van der Waals surface area contributed by atoms with Crippen molar-refractivity contribution in [2.24, 2.45) is 0 Å². The number of rotatable bonds is 4. The lowest BCUT2D eigenvalue weighted by Crippen LogP contribution is -1.95. The van der Waals surface area contributed by atoms with Crippen LogP contribution in [0.15, 0.2) is 12.1 Å². The highest BCUT2D eigenvalue weighted by Gasteiger charge is 2.06. The summed E-state index contributed by atoms with van der Waals surface area (Å²) in [6.45, 7) is 2.00. The van der Waals surface area contributed by atoms with E-state index in [1.807, 2.05) is 19.1 Å². The summed E-state index contributed by atoms with van der Waals surface area (Å²) in [4.78, 5) is 13.4. The van der Waals surface area contributed by atoms with Crippen molar-refractivity contribution in [3.63, 3.8) is 0 Å². The van der Waals surface area contributed by atoms with Crippen molar-refractivity contribution in [3.8, 4) is 0 Å². The average molecular weight is 203 g/mol. The minimum atomic E-state index is 0.216. The van der Waals surface area contributed by atoms with E-state index in [0.29, 0.717) is 12.3 Å². The molecule has 0 saturated heterocycles. The fourth-order valence-corrected chi connectivity index (χ4v) is 1.90. The molecule has 0 amide bonds. The summed E-state index contributed by atoms with van der Waals surface area (Å²) in [6, 6.07) is 3.86. The van der Waals surface area contributed by atoms with Gasteiger partial charge in [0.15, 0.2) is 5.78 Å². The van der Waals surface area contributed by atoms with Crippen LogP contribution in [-0.4, -0.2) is 11.7 Å². The Labute approximate surface area is 81.4 Å². The quantitative estimate of drug-likeness (QED) is 0.541. The molecule has 0 aliphatic heterocycles. The number of hydrogen-bond acceptors (Lipinski definition) is 2. The molecule has 0 bridgehead atoms. The molecule has 0 unspecified atom stereocenters. The summed E-state index contributed by atoms with van der Waals surface area (Å²) in [5.74, 6) is 0.782. The summed E-state index contributed by atoms with van der Waals surface area (Å²) >= 11 is 7.04. The smallest absolute Gasteiger partial charge is 0.172 e. The second kappa shape index (κ2) is 4.63. The molecule has 0 N–H and O–H groups in total. The molecule has 0 aliphatic rings. The van der Waals surface area contributed by atoms with E-state index in [-0.39, 0.29) is 5.78 Å². The first-order chi connectivity index (χ1) is 5.74. The van der Waals surface area contributed by atoms with Gasteiger partial charge in [-0.2, -0.15) is 0 Å². The molecule has 1 heterocycles. The zero-order chi connectivity index (χ0) is 8.97. The Morgan fingerprint density at radius 3 is 2.83 bits per heavy atom. The molecule has 0 atom stereocenters. The second-order valence-electron chi connectivity index (χ2n) is 2.63. The summed E-state index contributed by atoms with van der Waals surface area (Å²) in [5, 5.41) is 0. The Morgan fingerprint density at radius 1 is 1.58 bits per heavy atom. The number of ketones is 1. The van der Waals surface area contributed by atoms with Crippen LogP contribution in [0.5, 0.6) is 0 Å². The third-order valence-electron chi connectivity index (χ3n) is 1.55. The summed E-state index contributed by atoms with van der Waals surface area (Å²) in [5.41, 5.74) is 0. The predicted octanol–water partition coefficient (Wildman–Crippen LogP) is 3.26. The van der Waals surface area contributed by atoms with Crippen molar-refractivity contribution < 1.29 is 4.79 Å². The van der Waals surface area contributed by atoms with Crippen LogP contribution < -0.4 is 0 Å². The number of halogens is 1. The van der Waals surface area contributed by atoms with Crippen LogP contribution in [0, 0.1) is 6.92 Å². The summed E-state index contributed by atoms with van der Waals surface area (Å²) < 4.78 is 0. The van der Waals surface area contributed by atoms with Crippen LogP contribution in [0.4, 0.5) is 0 Å². The Morgan fingerprint density at radius 2 is 2.33 bits per heavy atom. The summed E-state index contributed by atoms with van der Waals surface area (Å²) in [7, 11) is 0. The molecule has 1 rings (SSSR count). The van der Waals surface area contributed by atoms with Crippen molar-refractivity contribution in [1.82, 2.24) is 0 Å². The van der Waals surface area contributed by atoms with Crippen LogP contribution in [0.2, 0.25) is 0 Å². The third-order valence-corrected chi connectivity index (χ3v) is 2.86. The topological polar surface area (TPSA) is 17.1 Å². The van der Waals surface area contributed by atoms with Gasteiger partial charge in [0, 0.05) is 17.2 Å². The standard InChI is InChI=1S/C9H11ClOS/c1-7-4-5-9(12-7)8(11)3-2-6-10/h4-5H,2-3,6H2,1H3. The molecule has 3 heteroatoms. The van der Waals surface area contributed by atoms with Gasteiger partial charge in [0.1, 0.15) is 0 Å². The highest BCUT2D eigenvalue weighted by Crippen LogP contribution is 2.17. The molecule has 0 radical (unpaired) electrons. The van der Waals surface area contributed by atoms with Gasteiger partial charge in [-0.05, 0) is 25.5 Å². The molecule has 1 nitrogen and oxygen atoms in total. The maximum Gasteiger partial charge on any atom is 0.172 e. The Kier molecular flexibility index (Phi) is 3.76. The van der Waals surface area contributed by atoms with Gasteiger partial charge in [-0.15, -0.1) is 22.9 Å². The highest BCUT2D eigenvalue weighted by molar-refractivity contribution is 7.14. The number of thiophene rings is 1. The second-order valence-corrected chi connectivity index (χ2v) is 4.29. The van der Waals surface area contributed by atoms with Gasteiger partial charge in [-0.1, -0.05) is 0 Å². The van der Waals surface area contributed by atoms with E-state index in [1.54, 1.807) is 11.3 Å². The maximum absolute atomic E-state index is 11.4. The van der Waals surface area contributed by atoms with E-state index in [4.69, 9.17) is 11.6 Å². The number of carbonyl (C=O) groups is 1.